The van der Waals surface area contributed by atoms with Gasteiger partial charge in [-0.2, -0.15) is 0 Å². The SMILES string of the molecule is CC(C)NC(CN(C)C(C)C1CC1)(C(N)=O)C1CC1. The molecule has 0 aliphatic heterocycles. The number of nitrogens with one attached hydrogen (secondary N) is 1. The lowest BCUT2D eigenvalue weighted by atomic mass is 9.89. The number of nitrogens with zero attached hydrogens (tertiary/aromatic N) is 1. The van der Waals surface area contributed by atoms with E-state index in [9.17, 15) is 4.79 Å². The summed E-state index contributed by atoms with van der Waals surface area (Å²) in [7, 11) is 2.13. The van der Waals surface area contributed by atoms with Gasteiger partial charge in [0, 0.05) is 18.6 Å². The van der Waals surface area contributed by atoms with Gasteiger partial charge in [0.1, 0.15) is 5.54 Å². The number of likely N-dealkylation sites (N-methyl/N-ethyl adjacent to an activating group) is 1. The van der Waals surface area contributed by atoms with Gasteiger partial charge < -0.3 is 10.6 Å². The van der Waals surface area contributed by atoms with E-state index in [2.05, 4.69) is 38.0 Å². The largest absolute Gasteiger partial charge is 0.368 e. The molecule has 2 aliphatic carbocycles. The Morgan fingerprint density at radius 2 is 1.89 bits per heavy atom. The Kier molecular flexibility index (Phi) is 4.21. The van der Waals surface area contributed by atoms with Crippen molar-refractivity contribution in [3.8, 4) is 0 Å². The highest BCUT2D eigenvalue weighted by atomic mass is 16.1. The molecular formula is C15H29N3O. The molecule has 0 aromatic heterocycles. The molecule has 4 nitrogen and oxygen atoms in total. The molecule has 0 aromatic rings. The van der Waals surface area contributed by atoms with Crippen LogP contribution in [0, 0.1) is 11.8 Å². The molecule has 0 spiro atoms. The maximum absolute atomic E-state index is 12.1. The Labute approximate surface area is 117 Å². The molecule has 2 fully saturated rings. The minimum atomic E-state index is -0.536. The Morgan fingerprint density at radius 3 is 2.26 bits per heavy atom. The zero-order valence-electron chi connectivity index (χ0n) is 12.8. The molecule has 2 atom stereocenters. The van der Waals surface area contributed by atoms with Gasteiger partial charge in [0.25, 0.3) is 0 Å². The first-order chi connectivity index (χ1) is 8.86. The fourth-order valence-electron chi connectivity index (χ4n) is 3.21. The van der Waals surface area contributed by atoms with Gasteiger partial charge in [-0.3, -0.25) is 10.1 Å². The number of rotatable bonds is 8. The van der Waals surface area contributed by atoms with E-state index >= 15 is 0 Å². The third-order valence-corrected chi connectivity index (χ3v) is 4.76. The van der Waals surface area contributed by atoms with Crippen LogP contribution in [-0.4, -0.2) is 42.0 Å². The molecule has 3 N–H and O–H groups in total. The average molecular weight is 267 g/mol. The Morgan fingerprint density at radius 1 is 1.32 bits per heavy atom. The number of amides is 1. The smallest absolute Gasteiger partial charge is 0.239 e. The second-order valence-corrected chi connectivity index (χ2v) is 6.90. The van der Waals surface area contributed by atoms with E-state index in [4.69, 9.17) is 5.73 Å². The average Bonchev–Trinajstić information content (AvgIpc) is 3.17. The molecule has 0 saturated heterocycles. The van der Waals surface area contributed by atoms with E-state index in [-0.39, 0.29) is 11.9 Å². The van der Waals surface area contributed by atoms with Crippen LogP contribution in [0.3, 0.4) is 0 Å². The lowest BCUT2D eigenvalue weighted by molar-refractivity contribution is -0.126. The lowest BCUT2D eigenvalue weighted by Crippen LogP contribution is -2.65. The van der Waals surface area contributed by atoms with Crippen molar-refractivity contribution in [2.75, 3.05) is 13.6 Å². The fourth-order valence-corrected chi connectivity index (χ4v) is 3.21. The fraction of sp³-hybridized carbons (Fsp3) is 0.933. The molecule has 2 saturated carbocycles. The minimum absolute atomic E-state index is 0.182. The van der Waals surface area contributed by atoms with Crippen LogP contribution in [0.15, 0.2) is 0 Å². The van der Waals surface area contributed by atoms with Gasteiger partial charge in [-0.25, -0.2) is 0 Å². The zero-order chi connectivity index (χ0) is 14.2. The van der Waals surface area contributed by atoms with Crippen molar-refractivity contribution in [2.24, 2.45) is 17.6 Å². The van der Waals surface area contributed by atoms with Crippen LogP contribution in [0.25, 0.3) is 0 Å². The Balaban J connectivity index is 2.09. The number of hydrogen-bond acceptors (Lipinski definition) is 3. The van der Waals surface area contributed by atoms with Gasteiger partial charge in [0.15, 0.2) is 0 Å². The Bertz CT molecular complexity index is 336. The number of primary amides is 1. The molecule has 0 bridgehead atoms. The summed E-state index contributed by atoms with van der Waals surface area (Å²) in [6, 6.07) is 0.823. The van der Waals surface area contributed by atoms with E-state index < -0.39 is 5.54 Å². The summed E-state index contributed by atoms with van der Waals surface area (Å²) in [6.07, 6.45) is 4.90. The maximum atomic E-state index is 12.1. The van der Waals surface area contributed by atoms with Crippen molar-refractivity contribution in [1.29, 1.82) is 0 Å². The van der Waals surface area contributed by atoms with Crippen molar-refractivity contribution in [3.05, 3.63) is 0 Å². The molecule has 2 aliphatic rings. The topological polar surface area (TPSA) is 58.4 Å². The van der Waals surface area contributed by atoms with Gasteiger partial charge in [-0.15, -0.1) is 0 Å². The van der Waals surface area contributed by atoms with Crippen molar-refractivity contribution >= 4 is 5.91 Å². The van der Waals surface area contributed by atoms with Crippen LogP contribution in [0.2, 0.25) is 0 Å². The van der Waals surface area contributed by atoms with Crippen LogP contribution >= 0.6 is 0 Å². The molecule has 0 heterocycles. The molecule has 0 aromatic carbocycles. The highest BCUT2D eigenvalue weighted by Gasteiger charge is 2.51. The first kappa shape index (κ1) is 14.8. The maximum Gasteiger partial charge on any atom is 0.239 e. The molecule has 19 heavy (non-hydrogen) atoms. The quantitative estimate of drug-likeness (QED) is 0.698. The number of hydrogen-bond donors (Lipinski definition) is 2. The van der Waals surface area contributed by atoms with Crippen molar-refractivity contribution in [2.45, 2.75) is 64.1 Å². The van der Waals surface area contributed by atoms with Crippen LogP contribution in [-0.2, 0) is 4.79 Å². The Hall–Kier alpha value is -0.610. The predicted octanol–water partition coefficient (Wildman–Crippen LogP) is 1.35. The lowest BCUT2D eigenvalue weighted by Gasteiger charge is -2.39. The van der Waals surface area contributed by atoms with Gasteiger partial charge in [0.2, 0.25) is 5.91 Å². The van der Waals surface area contributed by atoms with E-state index in [0.29, 0.717) is 12.0 Å². The summed E-state index contributed by atoms with van der Waals surface area (Å²) < 4.78 is 0. The summed E-state index contributed by atoms with van der Waals surface area (Å²) in [6.45, 7) is 7.18. The summed E-state index contributed by atoms with van der Waals surface area (Å²) in [5.74, 6) is 1.05. The monoisotopic (exact) mass is 267 g/mol. The second kappa shape index (κ2) is 5.41. The highest BCUT2D eigenvalue weighted by Crippen LogP contribution is 2.42. The minimum Gasteiger partial charge on any atom is -0.368 e. The number of carbonyl (C=O) groups is 1. The predicted molar refractivity (Wildman–Crippen MR) is 77.7 cm³/mol. The van der Waals surface area contributed by atoms with Crippen LogP contribution in [0.4, 0.5) is 0 Å². The first-order valence-electron chi connectivity index (χ1n) is 7.64. The van der Waals surface area contributed by atoms with Gasteiger partial charge >= 0.3 is 0 Å². The number of carbonyl (C=O) groups excluding carboxylic acids is 1. The third kappa shape index (κ3) is 3.29. The van der Waals surface area contributed by atoms with E-state index in [1.807, 2.05) is 0 Å². The van der Waals surface area contributed by atoms with Crippen LogP contribution < -0.4 is 11.1 Å². The molecule has 1 amide bonds. The van der Waals surface area contributed by atoms with Crippen molar-refractivity contribution in [3.63, 3.8) is 0 Å². The second-order valence-electron chi connectivity index (χ2n) is 6.90. The summed E-state index contributed by atoms with van der Waals surface area (Å²) in [5.41, 5.74) is 5.24. The van der Waals surface area contributed by atoms with Crippen molar-refractivity contribution < 1.29 is 4.79 Å². The molecule has 2 unspecified atom stereocenters. The van der Waals surface area contributed by atoms with Gasteiger partial charge in [-0.1, -0.05) is 0 Å². The van der Waals surface area contributed by atoms with E-state index in [1.54, 1.807) is 0 Å². The molecular weight excluding hydrogens is 238 g/mol. The summed E-state index contributed by atoms with van der Waals surface area (Å²) in [4.78, 5) is 14.4. The molecule has 4 heteroatoms. The van der Waals surface area contributed by atoms with E-state index in [0.717, 1.165) is 25.3 Å². The van der Waals surface area contributed by atoms with Crippen LogP contribution in [0.5, 0.6) is 0 Å². The van der Waals surface area contributed by atoms with E-state index in [1.165, 1.54) is 12.8 Å². The molecule has 0 radical (unpaired) electrons. The summed E-state index contributed by atoms with van der Waals surface area (Å²) >= 11 is 0. The van der Waals surface area contributed by atoms with Gasteiger partial charge in [0.05, 0.1) is 0 Å². The van der Waals surface area contributed by atoms with Crippen LogP contribution in [0.1, 0.15) is 46.5 Å². The van der Waals surface area contributed by atoms with Gasteiger partial charge in [-0.05, 0) is 65.3 Å². The molecule has 110 valence electrons. The normalized spacial score (nSPS) is 24.5. The standard InChI is InChI=1S/C15H29N3O/c1-10(2)17-15(14(16)19,13-7-8-13)9-18(4)11(3)12-5-6-12/h10-13,17H,5-9H2,1-4H3,(H2,16,19). The summed E-state index contributed by atoms with van der Waals surface area (Å²) in [5, 5.41) is 3.48. The number of nitrogens with two attached hydrogens (primary N) is 1. The zero-order valence-corrected chi connectivity index (χ0v) is 12.8. The third-order valence-electron chi connectivity index (χ3n) is 4.76. The highest BCUT2D eigenvalue weighted by molar-refractivity contribution is 5.86. The van der Waals surface area contributed by atoms with Crippen molar-refractivity contribution in [1.82, 2.24) is 10.2 Å². The molecule has 2 rings (SSSR count). The first-order valence-corrected chi connectivity index (χ1v) is 7.64.